The van der Waals surface area contributed by atoms with Gasteiger partial charge in [-0.1, -0.05) is 54.6 Å². The van der Waals surface area contributed by atoms with E-state index in [1.54, 1.807) is 24.1 Å². The van der Waals surface area contributed by atoms with Crippen molar-refractivity contribution >= 4 is 23.9 Å². The van der Waals surface area contributed by atoms with Gasteiger partial charge < -0.3 is 4.74 Å². The number of thioether (sulfide) groups is 1. The van der Waals surface area contributed by atoms with E-state index in [0.29, 0.717) is 12.4 Å². The van der Waals surface area contributed by atoms with Gasteiger partial charge in [0.25, 0.3) is 0 Å². The lowest BCUT2D eigenvalue weighted by molar-refractivity contribution is -0.118. The minimum atomic E-state index is -0.118. The number of hydrogen-bond donors (Lipinski definition) is 1. The highest BCUT2D eigenvalue weighted by Gasteiger charge is 2.01. The number of amides is 1. The van der Waals surface area contributed by atoms with Crippen LogP contribution in [-0.4, -0.2) is 24.5 Å². The maximum Gasteiger partial charge on any atom is 0.250 e. The molecule has 0 heterocycles. The van der Waals surface area contributed by atoms with Crippen molar-refractivity contribution < 1.29 is 9.53 Å². The van der Waals surface area contributed by atoms with Crippen LogP contribution in [0.2, 0.25) is 0 Å². The molecule has 0 spiro atoms. The summed E-state index contributed by atoms with van der Waals surface area (Å²) in [4.78, 5) is 11.8. The minimum Gasteiger partial charge on any atom is -0.490 e. The fraction of sp³-hybridized carbons (Fsp3) is 0.200. The molecule has 2 aromatic rings. The summed E-state index contributed by atoms with van der Waals surface area (Å²) in [6, 6.07) is 15.8. The lowest BCUT2D eigenvalue weighted by atomic mass is 10.2. The van der Waals surface area contributed by atoms with E-state index in [9.17, 15) is 4.79 Å². The second-order valence-electron chi connectivity index (χ2n) is 5.44. The highest BCUT2D eigenvalue weighted by Crippen LogP contribution is 2.13. The number of ether oxygens (including phenoxy) is 1. The van der Waals surface area contributed by atoms with E-state index in [1.807, 2.05) is 24.3 Å². The molecule has 5 heteroatoms. The first kappa shape index (κ1) is 18.8. The Morgan fingerprint density at radius 2 is 2.08 bits per heavy atom. The van der Waals surface area contributed by atoms with E-state index in [-0.39, 0.29) is 5.91 Å². The molecule has 0 unspecified atom stereocenters. The van der Waals surface area contributed by atoms with E-state index in [0.717, 1.165) is 17.1 Å². The van der Waals surface area contributed by atoms with Crippen LogP contribution in [0.4, 0.5) is 0 Å². The number of nitrogens with one attached hydrogen (secondary N) is 1. The Labute approximate surface area is 153 Å². The van der Waals surface area contributed by atoms with Gasteiger partial charge in [0.1, 0.15) is 12.4 Å². The Morgan fingerprint density at radius 3 is 2.84 bits per heavy atom. The Balaban J connectivity index is 1.72. The predicted molar refractivity (Wildman–Crippen MR) is 105 cm³/mol. The van der Waals surface area contributed by atoms with Crippen LogP contribution in [0.25, 0.3) is 0 Å². The van der Waals surface area contributed by atoms with E-state index in [2.05, 4.69) is 48.3 Å². The normalized spacial score (nSPS) is 10.6. The molecule has 0 radical (unpaired) electrons. The van der Waals surface area contributed by atoms with Crippen molar-refractivity contribution in [3.8, 4) is 5.75 Å². The number of carbonyl (C=O) groups is 1. The van der Waals surface area contributed by atoms with Crippen molar-refractivity contribution in [2.24, 2.45) is 5.10 Å². The first-order chi connectivity index (χ1) is 12.2. The van der Waals surface area contributed by atoms with E-state index in [4.69, 9.17) is 4.74 Å². The number of carbonyl (C=O) groups excluding carboxylic acids is 1. The SMILES string of the molecule is C=CCOc1cccc(C=NNC(=O)CSCc2ccc(C)cc2)c1. The monoisotopic (exact) mass is 354 g/mol. The summed E-state index contributed by atoms with van der Waals surface area (Å²) in [5.74, 6) is 1.80. The van der Waals surface area contributed by atoms with Gasteiger partial charge in [0.2, 0.25) is 5.91 Å². The second-order valence-corrected chi connectivity index (χ2v) is 6.43. The highest BCUT2D eigenvalue weighted by atomic mass is 32.2. The van der Waals surface area contributed by atoms with Crippen molar-refractivity contribution in [1.82, 2.24) is 5.43 Å². The standard InChI is InChI=1S/C20H22N2O2S/c1-3-11-24-19-6-4-5-18(12-19)13-21-22-20(23)15-25-14-17-9-7-16(2)8-10-17/h3-10,12-13H,1,11,14-15H2,2H3,(H,22,23). The molecule has 130 valence electrons. The number of benzene rings is 2. The molecule has 1 amide bonds. The molecule has 1 N–H and O–H groups in total. The molecule has 0 fully saturated rings. The van der Waals surface area contributed by atoms with Crippen molar-refractivity contribution in [2.45, 2.75) is 12.7 Å². The second kappa shape index (κ2) is 10.4. The van der Waals surface area contributed by atoms with Gasteiger partial charge in [-0.25, -0.2) is 5.43 Å². The van der Waals surface area contributed by atoms with Gasteiger partial charge in [-0.3, -0.25) is 4.79 Å². The summed E-state index contributed by atoms with van der Waals surface area (Å²) in [6.07, 6.45) is 3.29. The Bertz CT molecular complexity index is 727. The molecular formula is C20H22N2O2S. The predicted octanol–water partition coefficient (Wildman–Crippen LogP) is 3.94. The molecule has 0 bridgehead atoms. The van der Waals surface area contributed by atoms with Crippen LogP contribution in [0.3, 0.4) is 0 Å². The molecule has 25 heavy (non-hydrogen) atoms. The maximum absolute atomic E-state index is 11.8. The van der Waals surface area contributed by atoms with Crippen LogP contribution < -0.4 is 10.2 Å². The summed E-state index contributed by atoms with van der Waals surface area (Å²) in [5, 5.41) is 3.99. The van der Waals surface area contributed by atoms with Gasteiger partial charge in [0, 0.05) is 5.75 Å². The average molecular weight is 354 g/mol. The van der Waals surface area contributed by atoms with Crippen molar-refractivity contribution in [3.05, 3.63) is 77.9 Å². The molecule has 0 aromatic heterocycles. The zero-order chi connectivity index (χ0) is 17.9. The summed E-state index contributed by atoms with van der Waals surface area (Å²) in [6.45, 7) is 6.13. The molecule has 2 aromatic carbocycles. The number of hydrazone groups is 1. The third kappa shape index (κ3) is 7.27. The molecule has 0 aliphatic carbocycles. The maximum atomic E-state index is 11.8. The van der Waals surface area contributed by atoms with Crippen LogP contribution in [0.1, 0.15) is 16.7 Å². The van der Waals surface area contributed by atoms with Crippen molar-refractivity contribution in [1.29, 1.82) is 0 Å². The van der Waals surface area contributed by atoms with Gasteiger partial charge in [-0.15, -0.1) is 11.8 Å². The zero-order valence-corrected chi connectivity index (χ0v) is 15.1. The highest BCUT2D eigenvalue weighted by molar-refractivity contribution is 7.99. The molecule has 0 atom stereocenters. The topological polar surface area (TPSA) is 50.7 Å². The average Bonchev–Trinajstić information content (AvgIpc) is 2.62. The third-order valence-electron chi connectivity index (χ3n) is 3.25. The number of nitrogens with zero attached hydrogens (tertiary/aromatic N) is 1. The van der Waals surface area contributed by atoms with Gasteiger partial charge in [0.05, 0.1) is 12.0 Å². The number of rotatable bonds is 9. The van der Waals surface area contributed by atoms with Crippen LogP contribution in [0.5, 0.6) is 5.75 Å². The first-order valence-electron chi connectivity index (χ1n) is 7.96. The van der Waals surface area contributed by atoms with Crippen LogP contribution >= 0.6 is 11.8 Å². The van der Waals surface area contributed by atoms with Gasteiger partial charge in [-0.05, 0) is 30.2 Å². The third-order valence-corrected chi connectivity index (χ3v) is 4.26. The van der Waals surface area contributed by atoms with Crippen molar-refractivity contribution in [2.75, 3.05) is 12.4 Å². The fourth-order valence-electron chi connectivity index (χ4n) is 2.00. The largest absolute Gasteiger partial charge is 0.490 e. The first-order valence-corrected chi connectivity index (χ1v) is 9.12. The molecular weight excluding hydrogens is 332 g/mol. The zero-order valence-electron chi connectivity index (χ0n) is 14.3. The minimum absolute atomic E-state index is 0.118. The quantitative estimate of drug-likeness (QED) is 0.421. The van der Waals surface area contributed by atoms with Gasteiger partial charge >= 0.3 is 0 Å². The van der Waals surface area contributed by atoms with E-state index < -0.39 is 0 Å². The number of aryl methyl sites for hydroxylation is 1. The molecule has 4 nitrogen and oxygen atoms in total. The van der Waals surface area contributed by atoms with Crippen LogP contribution in [0.15, 0.2) is 66.3 Å². The van der Waals surface area contributed by atoms with Gasteiger partial charge in [-0.2, -0.15) is 5.10 Å². The Hall–Kier alpha value is -2.53. The summed E-state index contributed by atoms with van der Waals surface area (Å²) in [5.41, 5.74) is 5.84. The van der Waals surface area contributed by atoms with Crippen molar-refractivity contribution in [3.63, 3.8) is 0 Å². The molecule has 0 aliphatic rings. The molecule has 0 aliphatic heterocycles. The lowest BCUT2D eigenvalue weighted by Crippen LogP contribution is -2.19. The van der Waals surface area contributed by atoms with E-state index in [1.165, 1.54) is 11.1 Å². The molecule has 0 saturated carbocycles. The summed E-state index contributed by atoms with van der Waals surface area (Å²) < 4.78 is 5.46. The lowest BCUT2D eigenvalue weighted by Gasteiger charge is -2.04. The van der Waals surface area contributed by atoms with Crippen LogP contribution in [-0.2, 0) is 10.5 Å². The Morgan fingerprint density at radius 1 is 1.28 bits per heavy atom. The van der Waals surface area contributed by atoms with E-state index >= 15 is 0 Å². The summed E-state index contributed by atoms with van der Waals surface area (Å²) >= 11 is 1.56. The smallest absolute Gasteiger partial charge is 0.250 e. The molecule has 0 saturated heterocycles. The van der Waals surface area contributed by atoms with Gasteiger partial charge in [0.15, 0.2) is 0 Å². The summed E-state index contributed by atoms with van der Waals surface area (Å²) in [7, 11) is 0. The number of hydrogen-bond acceptors (Lipinski definition) is 4. The fourth-order valence-corrected chi connectivity index (χ4v) is 2.78. The Kier molecular flexibility index (Phi) is 7.79. The van der Waals surface area contributed by atoms with Crippen LogP contribution in [0, 0.1) is 6.92 Å². The molecule has 2 rings (SSSR count).